The van der Waals surface area contributed by atoms with Gasteiger partial charge in [-0.05, 0) is 30.4 Å². The predicted molar refractivity (Wildman–Crippen MR) is 97.5 cm³/mol. The van der Waals surface area contributed by atoms with Crippen LogP contribution in [0.2, 0.25) is 0 Å². The minimum atomic E-state index is -0.0729. The largest absolute Gasteiger partial charge is 0.376 e. The Balaban J connectivity index is 1.50. The Bertz CT molecular complexity index is 851. The molecule has 5 nitrogen and oxygen atoms in total. The molecule has 6 heteroatoms. The molecule has 1 heterocycles. The second-order valence-corrected chi connectivity index (χ2v) is 6.36. The summed E-state index contributed by atoms with van der Waals surface area (Å²) in [5.41, 5.74) is 4.74. The second kappa shape index (κ2) is 6.30. The number of ether oxygens (including phenoxy) is 1. The van der Waals surface area contributed by atoms with Crippen LogP contribution >= 0.6 is 12.2 Å². The Morgan fingerprint density at radius 3 is 2.79 bits per heavy atom. The number of benzene rings is 2. The van der Waals surface area contributed by atoms with Gasteiger partial charge in [0.15, 0.2) is 5.11 Å². The summed E-state index contributed by atoms with van der Waals surface area (Å²) in [4.78, 5) is 12.6. The lowest BCUT2D eigenvalue weighted by Crippen LogP contribution is -2.37. The average molecular weight is 339 g/mol. The Kier molecular flexibility index (Phi) is 4.00. The van der Waals surface area contributed by atoms with Crippen molar-refractivity contribution in [1.82, 2.24) is 10.7 Å². The number of carbonyl (C=O) groups is 1. The van der Waals surface area contributed by atoms with Crippen LogP contribution in [0.3, 0.4) is 0 Å². The molecule has 0 saturated carbocycles. The van der Waals surface area contributed by atoms with Crippen LogP contribution in [0.5, 0.6) is 0 Å². The van der Waals surface area contributed by atoms with Crippen LogP contribution in [0.4, 0.5) is 0 Å². The van der Waals surface area contributed by atoms with E-state index in [4.69, 9.17) is 17.0 Å². The van der Waals surface area contributed by atoms with Crippen LogP contribution in [-0.4, -0.2) is 35.9 Å². The SMILES string of the molecule is O=C1/C(=N/NC(=S)NCC2CCCO2)c2cccc3cccc1c23. The van der Waals surface area contributed by atoms with Crippen molar-refractivity contribution in [3.8, 4) is 0 Å². The topological polar surface area (TPSA) is 62.7 Å². The molecule has 4 rings (SSSR count). The quantitative estimate of drug-likeness (QED) is 0.664. The van der Waals surface area contributed by atoms with Crippen molar-refractivity contribution in [2.75, 3.05) is 13.2 Å². The van der Waals surface area contributed by atoms with Crippen molar-refractivity contribution in [2.24, 2.45) is 5.10 Å². The van der Waals surface area contributed by atoms with E-state index in [1.165, 1.54) is 0 Å². The molecular formula is C18H17N3O2S. The molecule has 1 aliphatic carbocycles. The summed E-state index contributed by atoms with van der Waals surface area (Å²) in [7, 11) is 0. The van der Waals surface area contributed by atoms with Gasteiger partial charge in [0.05, 0.1) is 6.10 Å². The van der Waals surface area contributed by atoms with Gasteiger partial charge >= 0.3 is 0 Å². The fourth-order valence-electron chi connectivity index (χ4n) is 3.25. The lowest BCUT2D eigenvalue weighted by molar-refractivity contribution is 0.106. The number of hydrazone groups is 1. The summed E-state index contributed by atoms with van der Waals surface area (Å²) >= 11 is 5.23. The van der Waals surface area contributed by atoms with Gasteiger partial charge in [0.1, 0.15) is 5.71 Å². The summed E-state index contributed by atoms with van der Waals surface area (Å²) in [5.74, 6) is -0.0729. The lowest BCUT2D eigenvalue weighted by Gasteiger charge is -2.12. The van der Waals surface area contributed by atoms with E-state index < -0.39 is 0 Å². The smallest absolute Gasteiger partial charge is 0.214 e. The van der Waals surface area contributed by atoms with Crippen molar-refractivity contribution < 1.29 is 9.53 Å². The minimum absolute atomic E-state index is 0.0729. The fourth-order valence-corrected chi connectivity index (χ4v) is 3.38. The van der Waals surface area contributed by atoms with Crippen molar-refractivity contribution in [1.29, 1.82) is 0 Å². The molecule has 1 unspecified atom stereocenters. The monoisotopic (exact) mass is 339 g/mol. The van der Waals surface area contributed by atoms with Crippen LogP contribution in [0.1, 0.15) is 28.8 Å². The molecule has 0 aromatic heterocycles. The molecule has 2 aliphatic rings. The summed E-state index contributed by atoms with van der Waals surface area (Å²) in [6, 6.07) is 11.6. The zero-order valence-corrected chi connectivity index (χ0v) is 13.9. The van der Waals surface area contributed by atoms with Crippen molar-refractivity contribution in [2.45, 2.75) is 18.9 Å². The molecule has 2 N–H and O–H groups in total. The first-order chi connectivity index (χ1) is 11.7. The van der Waals surface area contributed by atoms with Gasteiger partial charge in [-0.2, -0.15) is 5.10 Å². The lowest BCUT2D eigenvalue weighted by atomic mass is 10.1. The van der Waals surface area contributed by atoms with Gasteiger partial charge in [0.25, 0.3) is 0 Å². The summed E-state index contributed by atoms with van der Waals surface area (Å²) < 4.78 is 5.54. The first kappa shape index (κ1) is 15.2. The molecule has 1 atom stereocenters. The van der Waals surface area contributed by atoms with E-state index in [1.54, 1.807) is 0 Å². The summed E-state index contributed by atoms with van der Waals surface area (Å²) in [5, 5.41) is 9.75. The molecule has 0 bridgehead atoms. The Hall–Kier alpha value is -2.31. The maximum atomic E-state index is 12.6. The summed E-state index contributed by atoms with van der Waals surface area (Å²) in [6.07, 6.45) is 2.33. The van der Waals surface area contributed by atoms with E-state index in [0.29, 0.717) is 22.9 Å². The number of Topliss-reactive ketones (excluding diaryl/α,β-unsaturated/α-hetero) is 1. The maximum Gasteiger partial charge on any atom is 0.214 e. The standard InChI is InChI=1S/C18H17N3O2S/c22-17-14-8-2-5-11-4-1-7-13(15(11)14)16(17)20-21-18(24)19-10-12-6-3-9-23-12/h1-2,4-5,7-8,12H,3,6,9-10H2,(H2,19,21,24)/b20-16+. The number of nitrogens with one attached hydrogen (secondary N) is 2. The van der Waals surface area contributed by atoms with Gasteiger partial charge in [-0.1, -0.05) is 36.4 Å². The molecule has 0 radical (unpaired) electrons. The first-order valence-corrected chi connectivity index (χ1v) is 8.45. The number of carbonyl (C=O) groups excluding carboxylic acids is 1. The molecule has 0 spiro atoms. The molecule has 1 aliphatic heterocycles. The average Bonchev–Trinajstić information content (AvgIpc) is 3.21. The van der Waals surface area contributed by atoms with E-state index in [0.717, 1.165) is 35.8 Å². The third-order valence-corrected chi connectivity index (χ3v) is 4.64. The molecule has 122 valence electrons. The van der Waals surface area contributed by atoms with Gasteiger partial charge < -0.3 is 10.1 Å². The van der Waals surface area contributed by atoms with E-state index in [2.05, 4.69) is 15.8 Å². The molecule has 2 aromatic carbocycles. The van der Waals surface area contributed by atoms with Crippen molar-refractivity contribution >= 4 is 39.6 Å². The van der Waals surface area contributed by atoms with Gasteiger partial charge in [-0.15, -0.1) is 0 Å². The van der Waals surface area contributed by atoms with E-state index >= 15 is 0 Å². The van der Waals surface area contributed by atoms with Crippen LogP contribution < -0.4 is 10.7 Å². The highest BCUT2D eigenvalue weighted by Gasteiger charge is 2.28. The number of thiocarbonyl (C=S) groups is 1. The Morgan fingerprint density at radius 1 is 1.25 bits per heavy atom. The number of nitrogens with zero attached hydrogens (tertiary/aromatic N) is 1. The number of hydrogen-bond donors (Lipinski definition) is 2. The minimum Gasteiger partial charge on any atom is -0.376 e. The molecule has 2 aromatic rings. The molecule has 1 fully saturated rings. The van der Waals surface area contributed by atoms with E-state index in [9.17, 15) is 4.79 Å². The van der Waals surface area contributed by atoms with Gasteiger partial charge in [0, 0.05) is 29.7 Å². The highest BCUT2D eigenvalue weighted by molar-refractivity contribution is 7.80. The van der Waals surface area contributed by atoms with E-state index in [1.807, 2.05) is 36.4 Å². The van der Waals surface area contributed by atoms with Crippen LogP contribution in [-0.2, 0) is 4.74 Å². The molecule has 0 amide bonds. The fraction of sp³-hybridized carbons (Fsp3) is 0.278. The van der Waals surface area contributed by atoms with Crippen LogP contribution in [0.25, 0.3) is 10.8 Å². The first-order valence-electron chi connectivity index (χ1n) is 8.04. The Morgan fingerprint density at radius 2 is 2.04 bits per heavy atom. The molecule has 1 saturated heterocycles. The third kappa shape index (κ3) is 2.68. The normalized spacial score (nSPS) is 20.8. The Labute approximate surface area is 145 Å². The predicted octanol–water partition coefficient (Wildman–Crippen LogP) is 2.38. The number of hydrogen-bond acceptors (Lipinski definition) is 4. The van der Waals surface area contributed by atoms with Crippen LogP contribution in [0.15, 0.2) is 41.5 Å². The molecular weight excluding hydrogens is 322 g/mol. The summed E-state index contributed by atoms with van der Waals surface area (Å²) in [6.45, 7) is 1.46. The number of ketones is 1. The zero-order valence-electron chi connectivity index (χ0n) is 13.0. The second-order valence-electron chi connectivity index (χ2n) is 5.96. The van der Waals surface area contributed by atoms with Gasteiger partial charge in [0.2, 0.25) is 5.78 Å². The molecule has 24 heavy (non-hydrogen) atoms. The van der Waals surface area contributed by atoms with Crippen molar-refractivity contribution in [3.63, 3.8) is 0 Å². The van der Waals surface area contributed by atoms with Crippen molar-refractivity contribution in [3.05, 3.63) is 47.5 Å². The van der Waals surface area contributed by atoms with E-state index in [-0.39, 0.29) is 11.9 Å². The highest BCUT2D eigenvalue weighted by atomic mass is 32.1. The number of rotatable bonds is 3. The highest BCUT2D eigenvalue weighted by Crippen LogP contribution is 2.30. The van der Waals surface area contributed by atoms with Gasteiger partial charge in [-0.25, -0.2) is 0 Å². The van der Waals surface area contributed by atoms with Gasteiger partial charge in [-0.3, -0.25) is 10.2 Å². The maximum absolute atomic E-state index is 12.6. The zero-order chi connectivity index (χ0) is 16.5. The third-order valence-electron chi connectivity index (χ3n) is 4.40. The van der Waals surface area contributed by atoms with Crippen LogP contribution in [0, 0.1) is 0 Å².